The lowest BCUT2D eigenvalue weighted by Crippen LogP contribution is -2.41. The van der Waals surface area contributed by atoms with Crippen LogP contribution in [0.1, 0.15) is 31.4 Å². The van der Waals surface area contributed by atoms with Gasteiger partial charge < -0.3 is 20.1 Å². The Hall–Kier alpha value is -1.75. The van der Waals surface area contributed by atoms with Crippen molar-refractivity contribution in [2.24, 2.45) is 5.92 Å². The van der Waals surface area contributed by atoms with E-state index in [-0.39, 0.29) is 17.9 Å². The molecule has 0 radical (unpaired) electrons. The van der Waals surface area contributed by atoms with Gasteiger partial charge in [-0.15, -0.1) is 0 Å². The predicted octanol–water partition coefficient (Wildman–Crippen LogP) is 1.88. The van der Waals surface area contributed by atoms with Gasteiger partial charge in [0.2, 0.25) is 5.91 Å². The van der Waals surface area contributed by atoms with Gasteiger partial charge in [-0.3, -0.25) is 4.79 Å². The third-order valence-electron chi connectivity index (χ3n) is 3.93. The Balaban J connectivity index is 2.08. The molecule has 2 atom stereocenters. The first-order chi connectivity index (χ1) is 10.2. The summed E-state index contributed by atoms with van der Waals surface area (Å²) in [7, 11) is 3.26. The minimum Gasteiger partial charge on any atom is -0.497 e. The van der Waals surface area contributed by atoms with Crippen LogP contribution in [-0.2, 0) is 4.79 Å². The molecule has 0 aliphatic carbocycles. The van der Waals surface area contributed by atoms with Crippen molar-refractivity contribution in [2.75, 3.05) is 27.3 Å². The molecule has 0 spiro atoms. The van der Waals surface area contributed by atoms with E-state index < -0.39 is 0 Å². The Labute approximate surface area is 126 Å². The van der Waals surface area contributed by atoms with Crippen LogP contribution in [0.2, 0.25) is 0 Å². The summed E-state index contributed by atoms with van der Waals surface area (Å²) in [5.41, 5.74) is 0.925. The number of carbonyl (C=O) groups is 1. The number of carbonyl (C=O) groups excluding carboxylic acids is 1. The number of hydrogen-bond donors (Lipinski definition) is 2. The molecular weight excluding hydrogens is 268 g/mol. The third kappa shape index (κ3) is 3.88. The van der Waals surface area contributed by atoms with E-state index in [0.717, 1.165) is 43.0 Å². The molecule has 2 rings (SSSR count). The van der Waals surface area contributed by atoms with Crippen molar-refractivity contribution in [3.8, 4) is 11.5 Å². The molecule has 5 heteroatoms. The normalized spacial score (nSPS) is 19.7. The van der Waals surface area contributed by atoms with Gasteiger partial charge in [0.25, 0.3) is 0 Å². The first-order valence-corrected chi connectivity index (χ1v) is 7.38. The molecule has 1 aromatic carbocycles. The Bertz CT molecular complexity index is 484. The van der Waals surface area contributed by atoms with Gasteiger partial charge in [-0.25, -0.2) is 0 Å². The molecule has 1 fully saturated rings. The number of amides is 1. The Morgan fingerprint density at radius 2 is 2.19 bits per heavy atom. The second kappa shape index (κ2) is 7.31. The highest BCUT2D eigenvalue weighted by molar-refractivity contribution is 5.79. The van der Waals surface area contributed by atoms with E-state index in [4.69, 9.17) is 9.47 Å². The van der Waals surface area contributed by atoms with E-state index in [1.807, 2.05) is 25.1 Å². The van der Waals surface area contributed by atoms with Gasteiger partial charge in [0.1, 0.15) is 11.5 Å². The Morgan fingerprint density at radius 3 is 2.81 bits per heavy atom. The van der Waals surface area contributed by atoms with E-state index in [1.54, 1.807) is 14.2 Å². The molecule has 116 valence electrons. The summed E-state index contributed by atoms with van der Waals surface area (Å²) in [6, 6.07) is 5.49. The predicted molar refractivity (Wildman–Crippen MR) is 81.7 cm³/mol. The fourth-order valence-corrected chi connectivity index (χ4v) is 2.66. The second-order valence-electron chi connectivity index (χ2n) is 5.38. The maximum atomic E-state index is 12.3. The zero-order valence-electron chi connectivity index (χ0n) is 12.9. The van der Waals surface area contributed by atoms with Crippen LogP contribution in [0.15, 0.2) is 18.2 Å². The molecule has 1 aliphatic rings. The highest BCUT2D eigenvalue weighted by atomic mass is 16.5. The maximum Gasteiger partial charge on any atom is 0.224 e. The van der Waals surface area contributed by atoms with Crippen LogP contribution in [0.5, 0.6) is 11.5 Å². The van der Waals surface area contributed by atoms with Crippen molar-refractivity contribution < 1.29 is 14.3 Å². The summed E-state index contributed by atoms with van der Waals surface area (Å²) in [5.74, 6) is 1.66. The Morgan fingerprint density at radius 1 is 1.38 bits per heavy atom. The summed E-state index contributed by atoms with van der Waals surface area (Å²) in [5, 5.41) is 6.34. The SMILES string of the molecule is COc1ccc(OC)c(C(C)NC(=O)C2CCCNC2)c1. The highest BCUT2D eigenvalue weighted by Crippen LogP contribution is 2.29. The van der Waals surface area contributed by atoms with Crippen LogP contribution in [0.4, 0.5) is 0 Å². The monoisotopic (exact) mass is 292 g/mol. The molecule has 1 saturated heterocycles. The summed E-state index contributed by atoms with van der Waals surface area (Å²) >= 11 is 0. The van der Waals surface area contributed by atoms with Gasteiger partial charge in [0.05, 0.1) is 26.2 Å². The topological polar surface area (TPSA) is 59.6 Å². The lowest BCUT2D eigenvalue weighted by molar-refractivity contribution is -0.126. The number of piperidine rings is 1. The molecule has 21 heavy (non-hydrogen) atoms. The van der Waals surface area contributed by atoms with Crippen LogP contribution in [0.25, 0.3) is 0 Å². The molecule has 0 bridgehead atoms. The van der Waals surface area contributed by atoms with Crippen molar-refractivity contribution in [3.63, 3.8) is 0 Å². The number of ether oxygens (including phenoxy) is 2. The van der Waals surface area contributed by atoms with Crippen molar-refractivity contribution in [1.29, 1.82) is 0 Å². The summed E-state index contributed by atoms with van der Waals surface area (Å²) < 4.78 is 10.6. The van der Waals surface area contributed by atoms with Crippen LogP contribution in [0, 0.1) is 5.92 Å². The number of rotatable bonds is 5. The molecular formula is C16H24N2O3. The Kier molecular flexibility index (Phi) is 5.44. The summed E-state index contributed by atoms with van der Waals surface area (Å²) in [6.07, 6.45) is 2.00. The van der Waals surface area contributed by atoms with Crippen LogP contribution in [0.3, 0.4) is 0 Å². The average molecular weight is 292 g/mol. The van der Waals surface area contributed by atoms with E-state index >= 15 is 0 Å². The lowest BCUT2D eigenvalue weighted by atomic mass is 9.97. The molecule has 1 heterocycles. The molecule has 1 amide bonds. The summed E-state index contributed by atoms with van der Waals surface area (Å²) in [4.78, 5) is 12.3. The van der Waals surface area contributed by atoms with Gasteiger partial charge >= 0.3 is 0 Å². The summed E-state index contributed by atoms with van der Waals surface area (Å²) in [6.45, 7) is 3.72. The first kappa shape index (κ1) is 15.6. The second-order valence-corrected chi connectivity index (χ2v) is 5.38. The molecule has 5 nitrogen and oxygen atoms in total. The molecule has 2 unspecified atom stereocenters. The molecule has 2 N–H and O–H groups in total. The maximum absolute atomic E-state index is 12.3. The van der Waals surface area contributed by atoms with Crippen molar-refractivity contribution in [1.82, 2.24) is 10.6 Å². The lowest BCUT2D eigenvalue weighted by Gasteiger charge is -2.25. The highest BCUT2D eigenvalue weighted by Gasteiger charge is 2.23. The standard InChI is InChI=1S/C16H24N2O3/c1-11(18-16(19)12-5-4-8-17-10-12)14-9-13(20-2)6-7-15(14)21-3/h6-7,9,11-12,17H,4-5,8,10H2,1-3H3,(H,18,19). The first-order valence-electron chi connectivity index (χ1n) is 7.38. The molecule has 0 saturated carbocycles. The zero-order chi connectivity index (χ0) is 15.2. The van der Waals surface area contributed by atoms with Gasteiger partial charge in [0.15, 0.2) is 0 Å². The van der Waals surface area contributed by atoms with E-state index in [2.05, 4.69) is 10.6 Å². The van der Waals surface area contributed by atoms with E-state index in [9.17, 15) is 4.79 Å². The molecule has 1 aromatic rings. The van der Waals surface area contributed by atoms with Crippen molar-refractivity contribution in [3.05, 3.63) is 23.8 Å². The fraction of sp³-hybridized carbons (Fsp3) is 0.562. The van der Waals surface area contributed by atoms with Crippen molar-refractivity contribution >= 4 is 5.91 Å². The number of nitrogens with one attached hydrogen (secondary N) is 2. The zero-order valence-corrected chi connectivity index (χ0v) is 12.9. The van der Waals surface area contributed by atoms with E-state index in [1.165, 1.54) is 0 Å². The smallest absolute Gasteiger partial charge is 0.224 e. The number of benzene rings is 1. The third-order valence-corrected chi connectivity index (χ3v) is 3.93. The van der Waals surface area contributed by atoms with Crippen LogP contribution in [-0.4, -0.2) is 33.2 Å². The average Bonchev–Trinajstić information content (AvgIpc) is 2.54. The largest absolute Gasteiger partial charge is 0.497 e. The van der Waals surface area contributed by atoms with Gasteiger partial charge in [0, 0.05) is 12.1 Å². The van der Waals surface area contributed by atoms with Crippen molar-refractivity contribution in [2.45, 2.75) is 25.8 Å². The van der Waals surface area contributed by atoms with Gasteiger partial charge in [-0.05, 0) is 44.5 Å². The minimum atomic E-state index is -0.121. The molecule has 0 aromatic heterocycles. The van der Waals surface area contributed by atoms with Gasteiger partial charge in [-0.1, -0.05) is 0 Å². The molecule has 1 aliphatic heterocycles. The number of methoxy groups -OCH3 is 2. The van der Waals surface area contributed by atoms with Crippen LogP contribution < -0.4 is 20.1 Å². The quantitative estimate of drug-likeness (QED) is 0.870. The van der Waals surface area contributed by atoms with E-state index in [0.29, 0.717) is 0 Å². The minimum absolute atomic E-state index is 0.0535. The fourth-order valence-electron chi connectivity index (χ4n) is 2.66. The van der Waals surface area contributed by atoms with Gasteiger partial charge in [-0.2, -0.15) is 0 Å². The number of hydrogen-bond acceptors (Lipinski definition) is 4. The van der Waals surface area contributed by atoms with Crippen LogP contribution >= 0.6 is 0 Å².